The molecule has 0 radical (unpaired) electrons. The minimum atomic E-state index is 0.456. The maximum atomic E-state index is 5.36. The number of benzene rings is 1. The van der Waals surface area contributed by atoms with Gasteiger partial charge in [-0.25, -0.2) is 0 Å². The van der Waals surface area contributed by atoms with E-state index in [2.05, 4.69) is 4.99 Å². The lowest BCUT2D eigenvalue weighted by Crippen LogP contribution is -2.04. The van der Waals surface area contributed by atoms with Crippen molar-refractivity contribution >= 4 is 6.21 Å². The molecule has 1 aromatic carbocycles. The lowest BCUT2D eigenvalue weighted by atomic mass is 10.1. The summed E-state index contributed by atoms with van der Waals surface area (Å²) < 4.78 is 5.36. The lowest BCUT2D eigenvalue weighted by molar-refractivity contribution is 0.324. The number of para-hydroxylation sites is 1. The Hall–Kier alpha value is -1.31. The molecule has 0 N–H and O–H groups in total. The summed E-state index contributed by atoms with van der Waals surface area (Å²) in [6, 6.07) is 6.05. The van der Waals surface area contributed by atoms with Crippen molar-refractivity contribution in [2.75, 3.05) is 6.73 Å². The SMILES string of the molecule is Cc1cccc2c1OCN=C2. The molecule has 0 bridgehead atoms. The van der Waals surface area contributed by atoms with Crippen LogP contribution in [0.1, 0.15) is 11.1 Å². The van der Waals surface area contributed by atoms with E-state index >= 15 is 0 Å². The molecule has 11 heavy (non-hydrogen) atoms. The second-order valence-corrected chi connectivity index (χ2v) is 2.58. The van der Waals surface area contributed by atoms with Gasteiger partial charge in [-0.1, -0.05) is 12.1 Å². The number of hydrogen-bond acceptors (Lipinski definition) is 2. The molecule has 0 spiro atoms. The van der Waals surface area contributed by atoms with Crippen LogP contribution in [0.4, 0.5) is 0 Å². The molecule has 0 unspecified atom stereocenters. The van der Waals surface area contributed by atoms with Crippen LogP contribution in [0.15, 0.2) is 23.2 Å². The summed E-state index contributed by atoms with van der Waals surface area (Å²) in [6.07, 6.45) is 1.85. The molecule has 1 heterocycles. The van der Waals surface area contributed by atoms with E-state index in [1.807, 2.05) is 31.3 Å². The fourth-order valence-electron chi connectivity index (χ4n) is 1.21. The Morgan fingerprint density at radius 2 is 2.36 bits per heavy atom. The van der Waals surface area contributed by atoms with E-state index in [1.165, 1.54) is 5.56 Å². The minimum Gasteiger partial charge on any atom is -0.470 e. The molecule has 1 aromatic rings. The monoisotopic (exact) mass is 147 g/mol. The number of rotatable bonds is 0. The number of aliphatic imine (C=N–C) groups is 1. The molecule has 2 rings (SSSR count). The van der Waals surface area contributed by atoms with Gasteiger partial charge in [-0.3, -0.25) is 4.99 Å². The Balaban J connectivity index is 2.60. The summed E-state index contributed by atoms with van der Waals surface area (Å²) in [5.41, 5.74) is 2.25. The van der Waals surface area contributed by atoms with E-state index < -0.39 is 0 Å². The first-order valence-corrected chi connectivity index (χ1v) is 3.60. The fourth-order valence-corrected chi connectivity index (χ4v) is 1.21. The van der Waals surface area contributed by atoms with E-state index in [4.69, 9.17) is 4.74 Å². The second kappa shape index (κ2) is 2.38. The molecule has 56 valence electrons. The van der Waals surface area contributed by atoms with E-state index in [9.17, 15) is 0 Å². The third-order valence-electron chi connectivity index (χ3n) is 1.76. The van der Waals surface area contributed by atoms with Crippen molar-refractivity contribution in [3.8, 4) is 5.75 Å². The number of ether oxygens (including phenoxy) is 1. The topological polar surface area (TPSA) is 21.6 Å². The van der Waals surface area contributed by atoms with Gasteiger partial charge in [-0.15, -0.1) is 0 Å². The maximum absolute atomic E-state index is 5.36. The van der Waals surface area contributed by atoms with Crippen LogP contribution in [0.5, 0.6) is 5.75 Å². The molecule has 0 saturated heterocycles. The summed E-state index contributed by atoms with van der Waals surface area (Å²) in [6.45, 7) is 2.50. The Labute approximate surface area is 65.5 Å². The molecule has 0 fully saturated rings. The van der Waals surface area contributed by atoms with Crippen LogP contribution >= 0.6 is 0 Å². The van der Waals surface area contributed by atoms with Gasteiger partial charge in [0.25, 0.3) is 0 Å². The van der Waals surface area contributed by atoms with Gasteiger partial charge in [0.05, 0.1) is 0 Å². The number of hydrogen-bond donors (Lipinski definition) is 0. The summed E-state index contributed by atoms with van der Waals surface area (Å²) >= 11 is 0. The van der Waals surface area contributed by atoms with Gasteiger partial charge in [0.15, 0.2) is 6.73 Å². The highest BCUT2D eigenvalue weighted by Gasteiger charge is 2.06. The van der Waals surface area contributed by atoms with Crippen LogP contribution in [0.25, 0.3) is 0 Å². The minimum absolute atomic E-state index is 0.456. The van der Waals surface area contributed by atoms with Gasteiger partial charge in [0, 0.05) is 11.8 Å². The maximum Gasteiger partial charge on any atom is 0.179 e. The molecule has 0 amide bonds. The Kier molecular flexibility index (Phi) is 1.39. The first-order valence-electron chi connectivity index (χ1n) is 3.60. The first-order chi connectivity index (χ1) is 5.38. The first kappa shape index (κ1) is 6.40. The number of nitrogens with zero attached hydrogens (tertiary/aromatic N) is 1. The molecule has 0 aromatic heterocycles. The zero-order chi connectivity index (χ0) is 7.68. The van der Waals surface area contributed by atoms with Gasteiger partial charge in [0.2, 0.25) is 0 Å². The van der Waals surface area contributed by atoms with Crippen molar-refractivity contribution < 1.29 is 4.74 Å². The van der Waals surface area contributed by atoms with Crippen LogP contribution in [0.2, 0.25) is 0 Å². The molecule has 1 aliphatic heterocycles. The molecular weight excluding hydrogens is 138 g/mol. The molecule has 0 aliphatic carbocycles. The zero-order valence-corrected chi connectivity index (χ0v) is 6.37. The van der Waals surface area contributed by atoms with E-state index in [0.717, 1.165) is 11.3 Å². The summed E-state index contributed by atoms with van der Waals surface area (Å²) in [7, 11) is 0. The molecule has 2 nitrogen and oxygen atoms in total. The smallest absolute Gasteiger partial charge is 0.179 e. The highest BCUT2D eigenvalue weighted by molar-refractivity contribution is 5.84. The largest absolute Gasteiger partial charge is 0.470 e. The lowest BCUT2D eigenvalue weighted by Gasteiger charge is -2.13. The number of fused-ring (bicyclic) bond motifs is 1. The van der Waals surface area contributed by atoms with Crippen LogP contribution in [-0.4, -0.2) is 12.9 Å². The van der Waals surface area contributed by atoms with E-state index in [1.54, 1.807) is 0 Å². The summed E-state index contributed by atoms with van der Waals surface area (Å²) in [5, 5.41) is 0. The molecule has 1 aliphatic rings. The van der Waals surface area contributed by atoms with Crippen molar-refractivity contribution in [2.45, 2.75) is 6.92 Å². The number of aryl methyl sites for hydroxylation is 1. The van der Waals surface area contributed by atoms with E-state index in [-0.39, 0.29) is 0 Å². The third kappa shape index (κ3) is 1.00. The van der Waals surface area contributed by atoms with Crippen LogP contribution < -0.4 is 4.74 Å². The van der Waals surface area contributed by atoms with Crippen molar-refractivity contribution in [1.82, 2.24) is 0 Å². The average molecular weight is 147 g/mol. The summed E-state index contributed by atoms with van der Waals surface area (Å²) in [5.74, 6) is 0.975. The fraction of sp³-hybridized carbons (Fsp3) is 0.222. The van der Waals surface area contributed by atoms with Crippen LogP contribution in [-0.2, 0) is 0 Å². The van der Waals surface area contributed by atoms with Gasteiger partial charge in [-0.05, 0) is 18.6 Å². The normalized spacial score (nSPS) is 13.9. The van der Waals surface area contributed by atoms with E-state index in [0.29, 0.717) is 6.73 Å². The molecule has 2 heteroatoms. The molecule has 0 saturated carbocycles. The van der Waals surface area contributed by atoms with Gasteiger partial charge in [-0.2, -0.15) is 0 Å². The molecular formula is C9H9NO. The van der Waals surface area contributed by atoms with Crippen LogP contribution in [0.3, 0.4) is 0 Å². The highest BCUT2D eigenvalue weighted by Crippen LogP contribution is 2.23. The highest BCUT2D eigenvalue weighted by atomic mass is 16.5. The predicted octanol–water partition coefficient (Wildman–Crippen LogP) is 1.76. The summed E-state index contributed by atoms with van der Waals surface area (Å²) in [4.78, 5) is 4.01. The van der Waals surface area contributed by atoms with Gasteiger partial charge >= 0.3 is 0 Å². The Morgan fingerprint density at radius 3 is 3.18 bits per heavy atom. The van der Waals surface area contributed by atoms with Crippen molar-refractivity contribution in [2.24, 2.45) is 4.99 Å². The van der Waals surface area contributed by atoms with Gasteiger partial charge < -0.3 is 4.74 Å². The second-order valence-electron chi connectivity index (χ2n) is 2.58. The predicted molar refractivity (Wildman–Crippen MR) is 44.3 cm³/mol. The van der Waals surface area contributed by atoms with Crippen molar-refractivity contribution in [3.05, 3.63) is 29.3 Å². The third-order valence-corrected chi connectivity index (χ3v) is 1.76. The quantitative estimate of drug-likeness (QED) is 0.548. The zero-order valence-electron chi connectivity index (χ0n) is 6.37. The van der Waals surface area contributed by atoms with Crippen molar-refractivity contribution in [3.63, 3.8) is 0 Å². The molecule has 0 atom stereocenters. The Morgan fingerprint density at radius 1 is 1.45 bits per heavy atom. The Bertz CT molecular complexity index is 304. The van der Waals surface area contributed by atoms with Crippen molar-refractivity contribution in [1.29, 1.82) is 0 Å². The average Bonchev–Trinajstić information content (AvgIpc) is 2.06. The standard InChI is InChI=1S/C9H9NO/c1-7-3-2-4-8-5-10-6-11-9(7)8/h2-5H,6H2,1H3. The van der Waals surface area contributed by atoms with Gasteiger partial charge in [0.1, 0.15) is 5.75 Å². The van der Waals surface area contributed by atoms with Crippen LogP contribution in [0, 0.1) is 6.92 Å².